The van der Waals surface area contributed by atoms with Crippen LogP contribution >= 0.6 is 0 Å². The Morgan fingerprint density at radius 3 is 2.67 bits per heavy atom. The first kappa shape index (κ1) is 15.5. The van der Waals surface area contributed by atoms with Gasteiger partial charge in [-0.25, -0.2) is 0 Å². The Morgan fingerprint density at radius 1 is 1.50 bits per heavy atom. The van der Waals surface area contributed by atoms with Gasteiger partial charge in [-0.3, -0.25) is 4.79 Å². The molecule has 0 radical (unpaired) electrons. The van der Waals surface area contributed by atoms with Crippen LogP contribution in [0.5, 0.6) is 0 Å². The molecular weight excluding hydrogens is 185 g/mol. The third-order valence-corrected chi connectivity index (χ3v) is 0.941. The third kappa shape index (κ3) is 13.6. The molecule has 0 amide bonds. The fourth-order valence-corrected chi connectivity index (χ4v) is 0.519. The molecule has 0 aliphatic carbocycles. The maximum absolute atomic E-state index is 10.2. The first-order valence-electron chi connectivity index (χ1n) is 3.58. The van der Waals surface area contributed by atoms with Crippen LogP contribution in [0.1, 0.15) is 8.35 Å². The number of rotatable bonds is 6. The molecule has 6 heteroatoms. The number of nitrogens with two attached hydrogens (primary N) is 1. The van der Waals surface area contributed by atoms with Crippen LogP contribution in [0.25, 0.3) is 0 Å². The first-order chi connectivity index (χ1) is 5.27. The van der Waals surface area contributed by atoms with Gasteiger partial charge in [-0.05, 0) is 0 Å². The van der Waals surface area contributed by atoms with Crippen molar-refractivity contribution in [2.24, 2.45) is 5.73 Å². The Bertz CT molecular complexity index is 118. The fraction of sp³-hybridized carbons (Fsp3) is 0.833. The van der Waals surface area contributed by atoms with E-state index in [0.717, 1.165) is 13.1 Å². The van der Waals surface area contributed by atoms with Gasteiger partial charge in [0.15, 0.2) is 0 Å². The Hall–Kier alpha value is 0.986. The van der Waals surface area contributed by atoms with Gasteiger partial charge in [0.25, 0.3) is 0 Å². The number of carbonyl (C=O) groups is 1. The summed E-state index contributed by atoms with van der Waals surface area (Å²) < 4.78 is 0. The summed E-state index contributed by atoms with van der Waals surface area (Å²) in [7, 11) is 0. The van der Waals surface area contributed by atoms with E-state index >= 15 is 0 Å². The summed E-state index contributed by atoms with van der Waals surface area (Å²) in [5.41, 5.74) is 7.71. The molecule has 4 N–H and O–H groups in total. The summed E-state index contributed by atoms with van der Waals surface area (Å²) in [5, 5.41) is 3.03. The largest absolute Gasteiger partial charge is 1.00 e. The van der Waals surface area contributed by atoms with Crippen LogP contribution in [0.2, 0.25) is 0 Å². The zero-order valence-electron chi connectivity index (χ0n) is 8.72. The average molecular weight is 201 g/mol. The molecule has 0 aliphatic heterocycles. The number of hydroxylamine groups is 1. The van der Waals surface area contributed by atoms with E-state index in [-0.39, 0.29) is 58.8 Å². The smallest absolute Gasteiger partial charge is 1.00 e. The van der Waals surface area contributed by atoms with Crippen LogP contribution in [-0.2, 0) is 9.63 Å². The Balaban J connectivity index is -0.000000500. The quantitative estimate of drug-likeness (QED) is 0.230. The number of hydrogen-bond donors (Lipinski definition) is 3. The molecular formula is C6H16KN3O2. The minimum Gasteiger partial charge on any atom is -1.00 e. The van der Waals surface area contributed by atoms with Gasteiger partial charge in [0.05, 0.1) is 0 Å². The van der Waals surface area contributed by atoms with E-state index in [1.165, 1.54) is 6.92 Å². The molecule has 0 aromatic carbocycles. The average Bonchev–Trinajstić information content (AvgIpc) is 1.96. The second-order valence-corrected chi connectivity index (χ2v) is 2.03. The number of carbonyl (C=O) groups excluding carboxylic acids is 1. The summed E-state index contributed by atoms with van der Waals surface area (Å²) in [5.74, 6) is -0.330. The van der Waals surface area contributed by atoms with E-state index in [9.17, 15) is 4.79 Å². The molecule has 0 unspecified atom stereocenters. The predicted octanol–water partition coefficient (Wildman–Crippen LogP) is -4.28. The third-order valence-electron chi connectivity index (χ3n) is 0.941. The van der Waals surface area contributed by atoms with Crippen molar-refractivity contribution in [3.8, 4) is 0 Å². The fourth-order valence-electron chi connectivity index (χ4n) is 0.519. The van der Waals surface area contributed by atoms with Crippen molar-refractivity contribution < 1.29 is 62.4 Å². The van der Waals surface area contributed by atoms with Crippen LogP contribution in [0.3, 0.4) is 0 Å². The second kappa shape index (κ2) is 12.0. The van der Waals surface area contributed by atoms with Gasteiger partial charge in [0.1, 0.15) is 0 Å². The summed E-state index contributed by atoms with van der Waals surface area (Å²) in [6.45, 7) is 4.08. The van der Waals surface area contributed by atoms with E-state index < -0.39 is 0 Å². The van der Waals surface area contributed by atoms with E-state index in [4.69, 9.17) is 5.73 Å². The molecule has 0 aromatic rings. The van der Waals surface area contributed by atoms with Crippen LogP contribution in [-0.4, -0.2) is 32.1 Å². The standard InChI is InChI=1S/C6H15N3O2.K.H/c1-6(10)11-9-5-4-8-3-2-7;;/h8-9H,2-5,7H2,1H3;;/q;+1;-1. The Morgan fingerprint density at radius 2 is 2.17 bits per heavy atom. The maximum Gasteiger partial charge on any atom is 1.00 e. The van der Waals surface area contributed by atoms with E-state index in [2.05, 4.69) is 15.6 Å². The maximum atomic E-state index is 10.2. The van der Waals surface area contributed by atoms with Crippen molar-refractivity contribution in [3.05, 3.63) is 0 Å². The van der Waals surface area contributed by atoms with Crippen LogP contribution in [0.15, 0.2) is 0 Å². The minimum atomic E-state index is -0.330. The minimum absolute atomic E-state index is 0. The van der Waals surface area contributed by atoms with Crippen molar-refractivity contribution in [2.45, 2.75) is 6.92 Å². The van der Waals surface area contributed by atoms with Crippen molar-refractivity contribution in [3.63, 3.8) is 0 Å². The van der Waals surface area contributed by atoms with Gasteiger partial charge in [0.2, 0.25) is 0 Å². The Kier molecular flexibility index (Phi) is 15.4. The van der Waals surface area contributed by atoms with E-state index in [1.807, 2.05) is 0 Å². The summed E-state index contributed by atoms with van der Waals surface area (Å²) in [6, 6.07) is 0. The van der Waals surface area contributed by atoms with Gasteiger partial charge in [0, 0.05) is 33.1 Å². The van der Waals surface area contributed by atoms with Crippen LogP contribution < -0.4 is 67.9 Å². The topological polar surface area (TPSA) is 76.4 Å². The molecule has 0 aromatic heterocycles. The van der Waals surface area contributed by atoms with Crippen molar-refractivity contribution >= 4 is 5.97 Å². The molecule has 0 atom stereocenters. The molecule has 0 spiro atoms. The molecule has 0 fully saturated rings. The van der Waals surface area contributed by atoms with Crippen molar-refractivity contribution in [2.75, 3.05) is 26.2 Å². The zero-order chi connectivity index (χ0) is 8.53. The molecule has 0 saturated carbocycles. The number of nitrogens with one attached hydrogen (secondary N) is 2. The molecule has 0 aliphatic rings. The molecule has 0 rings (SSSR count). The Labute approximate surface area is 117 Å². The molecule has 0 saturated heterocycles. The normalized spacial score (nSPS) is 8.83. The molecule has 68 valence electrons. The molecule has 0 heterocycles. The predicted molar refractivity (Wildman–Crippen MR) is 42.8 cm³/mol. The summed E-state index contributed by atoms with van der Waals surface area (Å²) >= 11 is 0. The van der Waals surface area contributed by atoms with Crippen LogP contribution in [0.4, 0.5) is 0 Å². The zero-order valence-corrected chi connectivity index (χ0v) is 10.8. The first-order valence-corrected chi connectivity index (χ1v) is 3.58. The molecule has 5 nitrogen and oxygen atoms in total. The summed E-state index contributed by atoms with van der Waals surface area (Å²) in [6.07, 6.45) is 0. The SMILES string of the molecule is CC(=O)ONCCNCCN.[H-].[K+]. The van der Waals surface area contributed by atoms with Gasteiger partial charge in [-0.15, -0.1) is 0 Å². The second-order valence-electron chi connectivity index (χ2n) is 2.03. The monoisotopic (exact) mass is 201 g/mol. The molecule has 12 heavy (non-hydrogen) atoms. The van der Waals surface area contributed by atoms with Crippen molar-refractivity contribution in [1.82, 2.24) is 10.8 Å². The van der Waals surface area contributed by atoms with Gasteiger partial charge >= 0.3 is 57.4 Å². The van der Waals surface area contributed by atoms with Gasteiger partial charge < -0.3 is 17.3 Å². The van der Waals surface area contributed by atoms with Crippen LogP contribution in [0, 0.1) is 0 Å². The van der Waals surface area contributed by atoms with E-state index in [0.29, 0.717) is 13.1 Å². The molecule has 0 bridgehead atoms. The summed E-state index contributed by atoms with van der Waals surface area (Å²) in [4.78, 5) is 14.7. The van der Waals surface area contributed by atoms with Gasteiger partial charge in [-0.2, -0.15) is 5.48 Å². The van der Waals surface area contributed by atoms with Gasteiger partial charge in [-0.1, -0.05) is 0 Å². The number of hydrogen-bond acceptors (Lipinski definition) is 5. The van der Waals surface area contributed by atoms with Crippen molar-refractivity contribution in [1.29, 1.82) is 0 Å². The van der Waals surface area contributed by atoms with E-state index in [1.54, 1.807) is 0 Å².